The van der Waals surface area contributed by atoms with Gasteiger partial charge in [0.15, 0.2) is 0 Å². The molecular weight excluding hydrogens is 196 g/mol. The molecule has 0 bridgehead atoms. The van der Waals surface area contributed by atoms with Crippen LogP contribution < -0.4 is 0 Å². The Labute approximate surface area is 87.7 Å². The highest BCUT2D eigenvalue weighted by atomic mass is 16.5. The minimum Gasteiger partial charge on any atom is -0.478 e. The third-order valence-corrected chi connectivity index (χ3v) is 2.58. The van der Waals surface area contributed by atoms with Crippen LogP contribution >= 0.6 is 0 Å². The molecule has 0 aromatic carbocycles. The predicted molar refractivity (Wildman–Crippen MR) is 52.8 cm³/mol. The quantitative estimate of drug-likeness (QED) is 0.809. The minimum absolute atomic E-state index is 0.238. The molecule has 2 rings (SSSR count). The summed E-state index contributed by atoms with van der Waals surface area (Å²) in [5.41, 5.74) is 0.238. The second-order valence-electron chi connectivity index (χ2n) is 3.72. The Morgan fingerprint density at radius 1 is 1.73 bits per heavy atom. The third-order valence-electron chi connectivity index (χ3n) is 2.58. The van der Waals surface area contributed by atoms with Crippen LogP contribution in [0.5, 0.6) is 0 Å². The Hall–Kier alpha value is -1.36. The maximum absolute atomic E-state index is 10.6. The summed E-state index contributed by atoms with van der Waals surface area (Å²) < 4.78 is 7.13. The Morgan fingerprint density at radius 2 is 2.60 bits per heavy atom. The van der Waals surface area contributed by atoms with E-state index in [1.165, 1.54) is 6.20 Å². The highest BCUT2D eigenvalue weighted by Crippen LogP contribution is 2.15. The second-order valence-corrected chi connectivity index (χ2v) is 3.72. The van der Waals surface area contributed by atoms with Gasteiger partial charge in [0, 0.05) is 19.3 Å². The lowest BCUT2D eigenvalue weighted by Gasteiger charge is -2.08. The van der Waals surface area contributed by atoms with Gasteiger partial charge in [-0.2, -0.15) is 5.10 Å². The first-order chi connectivity index (χ1) is 7.25. The number of carboxylic acids is 1. The summed E-state index contributed by atoms with van der Waals surface area (Å²) in [6.07, 6.45) is 6.38. The van der Waals surface area contributed by atoms with Gasteiger partial charge in [-0.15, -0.1) is 0 Å². The van der Waals surface area contributed by atoms with Crippen molar-refractivity contribution in [3.8, 4) is 0 Å². The molecule has 1 fully saturated rings. The number of aryl methyl sites for hydroxylation is 1. The van der Waals surface area contributed by atoms with Gasteiger partial charge in [-0.25, -0.2) is 4.79 Å². The van der Waals surface area contributed by atoms with E-state index in [1.807, 2.05) is 0 Å². The molecule has 1 aromatic rings. The van der Waals surface area contributed by atoms with Gasteiger partial charge in [0.1, 0.15) is 0 Å². The first kappa shape index (κ1) is 10.2. The summed E-state index contributed by atoms with van der Waals surface area (Å²) in [6, 6.07) is 0. The van der Waals surface area contributed by atoms with Crippen LogP contribution in [-0.4, -0.2) is 33.6 Å². The van der Waals surface area contributed by atoms with Crippen LogP contribution in [-0.2, 0) is 11.3 Å². The Kier molecular flexibility index (Phi) is 3.01. The number of carbonyl (C=O) groups is 1. The van der Waals surface area contributed by atoms with Gasteiger partial charge in [0.05, 0.1) is 17.9 Å². The Bertz CT molecular complexity index is 342. The van der Waals surface area contributed by atoms with Gasteiger partial charge < -0.3 is 9.84 Å². The number of ether oxygens (including phenoxy) is 1. The lowest BCUT2D eigenvalue weighted by Crippen LogP contribution is -2.10. The van der Waals surface area contributed by atoms with Gasteiger partial charge >= 0.3 is 5.97 Å². The molecule has 2 heterocycles. The van der Waals surface area contributed by atoms with E-state index >= 15 is 0 Å². The molecule has 5 heteroatoms. The second kappa shape index (κ2) is 4.44. The SMILES string of the molecule is O=C(O)c1cnn(CCC2CCCO2)c1. The summed E-state index contributed by atoms with van der Waals surface area (Å²) in [4.78, 5) is 10.6. The third kappa shape index (κ3) is 2.56. The van der Waals surface area contributed by atoms with Crippen LogP contribution in [0.2, 0.25) is 0 Å². The van der Waals surface area contributed by atoms with Crippen molar-refractivity contribution in [3.05, 3.63) is 18.0 Å². The zero-order valence-corrected chi connectivity index (χ0v) is 8.43. The van der Waals surface area contributed by atoms with Crippen molar-refractivity contribution in [2.45, 2.75) is 31.9 Å². The summed E-state index contributed by atoms with van der Waals surface area (Å²) >= 11 is 0. The fourth-order valence-electron chi connectivity index (χ4n) is 1.74. The molecular formula is C10H14N2O3. The fraction of sp³-hybridized carbons (Fsp3) is 0.600. The van der Waals surface area contributed by atoms with Crippen LogP contribution in [0, 0.1) is 0 Å². The molecule has 82 valence electrons. The predicted octanol–water partition coefficient (Wildman–Crippen LogP) is 1.15. The number of hydrogen-bond donors (Lipinski definition) is 1. The number of carboxylic acid groups (broad SMARTS) is 1. The molecule has 0 radical (unpaired) electrons. The van der Waals surface area contributed by atoms with Crippen molar-refractivity contribution in [1.29, 1.82) is 0 Å². The van der Waals surface area contributed by atoms with Crippen molar-refractivity contribution in [2.75, 3.05) is 6.61 Å². The zero-order valence-electron chi connectivity index (χ0n) is 8.43. The average Bonchev–Trinajstić information content (AvgIpc) is 2.86. The highest BCUT2D eigenvalue weighted by molar-refractivity contribution is 5.86. The summed E-state index contributed by atoms with van der Waals surface area (Å²) in [5.74, 6) is -0.932. The molecule has 1 aliphatic rings. The van der Waals surface area contributed by atoms with E-state index in [4.69, 9.17) is 9.84 Å². The van der Waals surface area contributed by atoms with Crippen LogP contribution in [0.4, 0.5) is 0 Å². The maximum Gasteiger partial charge on any atom is 0.338 e. The Morgan fingerprint density at radius 3 is 3.20 bits per heavy atom. The molecule has 1 unspecified atom stereocenters. The van der Waals surface area contributed by atoms with Crippen molar-refractivity contribution >= 4 is 5.97 Å². The molecule has 1 atom stereocenters. The van der Waals surface area contributed by atoms with Gasteiger partial charge in [0.25, 0.3) is 0 Å². The van der Waals surface area contributed by atoms with E-state index in [2.05, 4.69) is 5.10 Å². The monoisotopic (exact) mass is 210 g/mol. The van der Waals surface area contributed by atoms with Crippen molar-refractivity contribution in [1.82, 2.24) is 9.78 Å². The van der Waals surface area contributed by atoms with E-state index in [0.717, 1.165) is 32.4 Å². The molecule has 5 nitrogen and oxygen atoms in total. The smallest absolute Gasteiger partial charge is 0.338 e. The summed E-state index contributed by atoms with van der Waals surface area (Å²) in [7, 11) is 0. The molecule has 15 heavy (non-hydrogen) atoms. The number of aromatic carboxylic acids is 1. The zero-order chi connectivity index (χ0) is 10.7. The average molecular weight is 210 g/mol. The minimum atomic E-state index is -0.932. The molecule has 0 amide bonds. The first-order valence-electron chi connectivity index (χ1n) is 5.13. The largest absolute Gasteiger partial charge is 0.478 e. The fourth-order valence-corrected chi connectivity index (χ4v) is 1.74. The lowest BCUT2D eigenvalue weighted by atomic mass is 10.2. The van der Waals surface area contributed by atoms with E-state index in [9.17, 15) is 4.79 Å². The Balaban J connectivity index is 1.84. The van der Waals surface area contributed by atoms with Crippen molar-refractivity contribution in [3.63, 3.8) is 0 Å². The van der Waals surface area contributed by atoms with Gasteiger partial charge in [-0.3, -0.25) is 4.68 Å². The molecule has 0 aliphatic carbocycles. The van der Waals surface area contributed by atoms with Crippen molar-refractivity contribution < 1.29 is 14.6 Å². The van der Waals surface area contributed by atoms with E-state index < -0.39 is 5.97 Å². The summed E-state index contributed by atoms with van der Waals surface area (Å²) in [5, 5.41) is 12.7. The van der Waals surface area contributed by atoms with Gasteiger partial charge in [0.2, 0.25) is 0 Å². The van der Waals surface area contributed by atoms with Gasteiger partial charge in [-0.05, 0) is 19.3 Å². The molecule has 1 aromatic heterocycles. The lowest BCUT2D eigenvalue weighted by molar-refractivity contribution is 0.0696. The van der Waals surface area contributed by atoms with Crippen LogP contribution in [0.3, 0.4) is 0 Å². The van der Waals surface area contributed by atoms with Gasteiger partial charge in [-0.1, -0.05) is 0 Å². The molecule has 1 aliphatic heterocycles. The normalized spacial score (nSPS) is 20.7. The molecule has 0 saturated carbocycles. The maximum atomic E-state index is 10.6. The molecule has 0 spiro atoms. The van der Waals surface area contributed by atoms with Crippen LogP contribution in [0.25, 0.3) is 0 Å². The van der Waals surface area contributed by atoms with E-state index in [-0.39, 0.29) is 5.56 Å². The summed E-state index contributed by atoms with van der Waals surface area (Å²) in [6.45, 7) is 1.57. The number of nitrogens with zero attached hydrogens (tertiary/aromatic N) is 2. The molecule has 1 N–H and O–H groups in total. The standard InChI is InChI=1S/C10H14N2O3/c13-10(14)8-6-11-12(7-8)4-3-9-2-1-5-15-9/h6-7,9H,1-5H2,(H,13,14). The van der Waals surface area contributed by atoms with Crippen LogP contribution in [0.15, 0.2) is 12.4 Å². The van der Waals surface area contributed by atoms with Crippen molar-refractivity contribution in [2.24, 2.45) is 0 Å². The highest BCUT2D eigenvalue weighted by Gasteiger charge is 2.15. The van der Waals surface area contributed by atoms with E-state index in [1.54, 1.807) is 10.9 Å². The number of rotatable bonds is 4. The molecule has 1 saturated heterocycles. The first-order valence-corrected chi connectivity index (χ1v) is 5.13. The van der Waals surface area contributed by atoms with E-state index in [0.29, 0.717) is 6.10 Å². The number of hydrogen-bond acceptors (Lipinski definition) is 3. The van der Waals surface area contributed by atoms with Crippen LogP contribution in [0.1, 0.15) is 29.6 Å². The topological polar surface area (TPSA) is 64.3 Å². The number of aromatic nitrogens is 2.